The lowest BCUT2D eigenvalue weighted by molar-refractivity contribution is -0.142. The van der Waals surface area contributed by atoms with Crippen LogP contribution in [0.4, 0.5) is 11.4 Å². The van der Waals surface area contributed by atoms with Gasteiger partial charge in [0.15, 0.2) is 0 Å². The van der Waals surface area contributed by atoms with Crippen molar-refractivity contribution < 1.29 is 9.90 Å². The van der Waals surface area contributed by atoms with E-state index in [0.717, 1.165) is 37.3 Å². The van der Waals surface area contributed by atoms with Gasteiger partial charge in [-0.05, 0) is 37.1 Å². The van der Waals surface area contributed by atoms with Gasteiger partial charge < -0.3 is 15.7 Å². The topological polar surface area (TPSA) is 66.6 Å². The Labute approximate surface area is 119 Å². The molecule has 1 fully saturated rings. The summed E-state index contributed by atoms with van der Waals surface area (Å²) in [6.45, 7) is 1.61. The Morgan fingerprint density at radius 1 is 1.17 bits per heavy atom. The first-order chi connectivity index (χ1) is 7.66. The van der Waals surface area contributed by atoms with Gasteiger partial charge in [-0.3, -0.25) is 4.79 Å². The number of carbonyl (C=O) groups is 1. The number of hydrogen-bond acceptors (Lipinski definition) is 3. The number of carboxylic acid groups (broad SMARTS) is 1. The molecule has 1 heterocycles. The molecule has 0 amide bonds. The van der Waals surface area contributed by atoms with E-state index < -0.39 is 5.97 Å². The molecule has 0 unspecified atom stereocenters. The molecule has 0 bridgehead atoms. The Balaban J connectivity index is 0.00000144. The summed E-state index contributed by atoms with van der Waals surface area (Å²) in [6.07, 6.45) is 1.44. The van der Waals surface area contributed by atoms with E-state index in [1.165, 1.54) is 0 Å². The van der Waals surface area contributed by atoms with E-state index in [4.69, 9.17) is 10.8 Å². The normalized spacial score (nSPS) is 15.4. The molecule has 1 aliphatic rings. The van der Waals surface area contributed by atoms with Crippen molar-refractivity contribution in [3.8, 4) is 0 Å². The van der Waals surface area contributed by atoms with Crippen molar-refractivity contribution in [2.75, 3.05) is 23.7 Å². The second kappa shape index (κ2) is 7.34. The number of anilines is 2. The van der Waals surface area contributed by atoms with E-state index in [1.807, 2.05) is 24.3 Å². The third-order valence-electron chi connectivity index (χ3n) is 3.10. The van der Waals surface area contributed by atoms with Crippen molar-refractivity contribution in [2.45, 2.75) is 12.8 Å². The number of nitrogen functional groups attached to an aromatic ring is 1. The summed E-state index contributed by atoms with van der Waals surface area (Å²) in [5.41, 5.74) is 7.50. The Morgan fingerprint density at radius 3 is 2.11 bits per heavy atom. The van der Waals surface area contributed by atoms with Crippen LogP contribution in [0.15, 0.2) is 24.3 Å². The first-order valence-electron chi connectivity index (χ1n) is 5.50. The predicted octanol–water partition coefficient (Wildman–Crippen LogP) is 2.41. The smallest absolute Gasteiger partial charge is 0.306 e. The Hall–Kier alpha value is -1.13. The minimum absolute atomic E-state index is 0. The van der Waals surface area contributed by atoms with Crippen LogP contribution in [-0.4, -0.2) is 24.2 Å². The molecule has 1 saturated heterocycles. The van der Waals surface area contributed by atoms with Crippen LogP contribution in [0.25, 0.3) is 0 Å². The lowest BCUT2D eigenvalue weighted by atomic mass is 9.97. The van der Waals surface area contributed by atoms with Crippen molar-refractivity contribution in [3.05, 3.63) is 24.3 Å². The van der Waals surface area contributed by atoms with Crippen molar-refractivity contribution in [1.29, 1.82) is 0 Å². The molecule has 0 saturated carbocycles. The van der Waals surface area contributed by atoms with Gasteiger partial charge >= 0.3 is 5.97 Å². The summed E-state index contributed by atoms with van der Waals surface area (Å²) in [7, 11) is 0. The fourth-order valence-corrected chi connectivity index (χ4v) is 2.07. The average molecular weight is 293 g/mol. The maximum atomic E-state index is 10.8. The summed E-state index contributed by atoms with van der Waals surface area (Å²) in [6, 6.07) is 7.71. The molecule has 0 aliphatic carbocycles. The van der Waals surface area contributed by atoms with Gasteiger partial charge in [-0.25, -0.2) is 0 Å². The van der Waals surface area contributed by atoms with Gasteiger partial charge in [-0.1, -0.05) is 0 Å². The predicted molar refractivity (Wildman–Crippen MR) is 77.9 cm³/mol. The Kier molecular flexibility index (Phi) is 6.88. The van der Waals surface area contributed by atoms with Gasteiger partial charge in [0, 0.05) is 24.5 Å². The number of carboxylic acids is 1. The van der Waals surface area contributed by atoms with Crippen LogP contribution in [0.5, 0.6) is 0 Å². The average Bonchev–Trinajstić information content (AvgIpc) is 2.30. The zero-order valence-electron chi connectivity index (χ0n) is 9.91. The van der Waals surface area contributed by atoms with E-state index in [0.29, 0.717) is 0 Å². The summed E-state index contributed by atoms with van der Waals surface area (Å²) in [5, 5.41) is 8.90. The lowest BCUT2D eigenvalue weighted by Gasteiger charge is -2.31. The molecule has 1 aromatic carbocycles. The number of nitrogens with zero attached hydrogens (tertiary/aromatic N) is 1. The van der Waals surface area contributed by atoms with Crippen LogP contribution in [-0.2, 0) is 4.79 Å². The van der Waals surface area contributed by atoms with Gasteiger partial charge in [-0.2, -0.15) is 0 Å². The maximum absolute atomic E-state index is 10.8. The lowest BCUT2D eigenvalue weighted by Crippen LogP contribution is -2.36. The highest BCUT2D eigenvalue weighted by Gasteiger charge is 2.24. The Morgan fingerprint density at radius 2 is 1.67 bits per heavy atom. The minimum atomic E-state index is -0.669. The molecule has 0 radical (unpaired) electrons. The van der Waals surface area contributed by atoms with Crippen LogP contribution in [0.3, 0.4) is 0 Å². The second-order valence-electron chi connectivity index (χ2n) is 4.19. The largest absolute Gasteiger partial charge is 0.481 e. The third-order valence-corrected chi connectivity index (χ3v) is 3.10. The zero-order valence-corrected chi connectivity index (χ0v) is 11.5. The number of halogens is 2. The summed E-state index contributed by atoms with van der Waals surface area (Å²) in [4.78, 5) is 13.0. The van der Waals surface area contributed by atoms with Crippen molar-refractivity contribution in [3.63, 3.8) is 0 Å². The zero-order chi connectivity index (χ0) is 11.5. The highest BCUT2D eigenvalue weighted by molar-refractivity contribution is 5.85. The summed E-state index contributed by atoms with van der Waals surface area (Å²) in [5.74, 6) is -0.845. The molecule has 3 N–H and O–H groups in total. The fourth-order valence-electron chi connectivity index (χ4n) is 2.07. The molecule has 18 heavy (non-hydrogen) atoms. The van der Waals surface area contributed by atoms with Gasteiger partial charge in [0.1, 0.15) is 0 Å². The third kappa shape index (κ3) is 3.96. The quantitative estimate of drug-likeness (QED) is 0.822. The molecule has 6 heteroatoms. The molecule has 0 aromatic heterocycles. The van der Waals surface area contributed by atoms with E-state index in [1.54, 1.807) is 0 Å². The van der Waals surface area contributed by atoms with Crippen LogP contribution < -0.4 is 10.6 Å². The van der Waals surface area contributed by atoms with Crippen LogP contribution in [0, 0.1) is 5.92 Å². The van der Waals surface area contributed by atoms with Crippen LogP contribution >= 0.6 is 24.8 Å². The molecule has 1 aliphatic heterocycles. The molecule has 102 valence electrons. The fraction of sp³-hybridized carbons (Fsp3) is 0.417. The molecular weight excluding hydrogens is 275 g/mol. The molecule has 2 rings (SSSR count). The maximum Gasteiger partial charge on any atom is 0.306 e. The van der Waals surface area contributed by atoms with Gasteiger partial charge in [0.25, 0.3) is 0 Å². The second-order valence-corrected chi connectivity index (χ2v) is 4.19. The standard InChI is InChI=1S/C12H16N2O2.2ClH/c13-10-1-3-11(4-2-10)14-7-5-9(6-8-14)12(15)16;;/h1-4,9H,5-8,13H2,(H,15,16);2*1H. The number of nitrogens with two attached hydrogens (primary N) is 1. The molecule has 1 aromatic rings. The highest BCUT2D eigenvalue weighted by atomic mass is 35.5. The number of piperidine rings is 1. The SMILES string of the molecule is Cl.Cl.Nc1ccc(N2CCC(C(=O)O)CC2)cc1. The Bertz CT molecular complexity index is 376. The molecule has 0 atom stereocenters. The van der Waals surface area contributed by atoms with Crippen LogP contribution in [0.2, 0.25) is 0 Å². The van der Waals surface area contributed by atoms with Crippen LogP contribution in [0.1, 0.15) is 12.8 Å². The number of hydrogen-bond donors (Lipinski definition) is 2. The molecular formula is C12H18Cl2N2O2. The minimum Gasteiger partial charge on any atom is -0.481 e. The first kappa shape index (κ1) is 16.9. The van der Waals surface area contributed by atoms with E-state index >= 15 is 0 Å². The number of rotatable bonds is 2. The molecule has 0 spiro atoms. The van der Waals surface area contributed by atoms with E-state index in [-0.39, 0.29) is 30.7 Å². The number of benzene rings is 1. The van der Waals surface area contributed by atoms with Gasteiger partial charge in [0.2, 0.25) is 0 Å². The number of aliphatic carboxylic acids is 1. The van der Waals surface area contributed by atoms with Gasteiger partial charge in [-0.15, -0.1) is 24.8 Å². The summed E-state index contributed by atoms with van der Waals surface area (Å²) < 4.78 is 0. The van der Waals surface area contributed by atoms with E-state index in [9.17, 15) is 4.79 Å². The van der Waals surface area contributed by atoms with Gasteiger partial charge in [0.05, 0.1) is 5.92 Å². The van der Waals surface area contributed by atoms with Crippen molar-refractivity contribution in [2.24, 2.45) is 5.92 Å². The van der Waals surface area contributed by atoms with Crippen molar-refractivity contribution >= 4 is 42.2 Å². The molecule has 4 nitrogen and oxygen atoms in total. The van der Waals surface area contributed by atoms with Crippen molar-refractivity contribution in [1.82, 2.24) is 0 Å². The summed E-state index contributed by atoms with van der Waals surface area (Å²) >= 11 is 0. The highest BCUT2D eigenvalue weighted by Crippen LogP contribution is 2.23. The monoisotopic (exact) mass is 292 g/mol. The van der Waals surface area contributed by atoms with E-state index in [2.05, 4.69) is 4.90 Å². The first-order valence-corrected chi connectivity index (χ1v) is 5.50.